The number of pyridine rings is 1. The van der Waals surface area contributed by atoms with Crippen molar-refractivity contribution in [1.82, 2.24) is 20.1 Å². The van der Waals surface area contributed by atoms with Crippen LogP contribution in [0.2, 0.25) is 0 Å². The minimum atomic E-state index is -4.47. The lowest BCUT2D eigenvalue weighted by Gasteiger charge is -2.38. The number of aryl methyl sites for hydroxylation is 1. The highest BCUT2D eigenvalue weighted by Gasteiger charge is 2.45. The molecule has 1 spiro atoms. The Hall–Kier alpha value is -3.47. The smallest absolute Gasteiger partial charge is 0.433 e. The zero-order valence-electron chi connectivity index (χ0n) is 22.8. The zero-order valence-corrected chi connectivity index (χ0v) is 22.8. The van der Waals surface area contributed by atoms with Crippen LogP contribution in [0, 0.1) is 0 Å². The lowest BCUT2D eigenvalue weighted by atomic mass is 9.74. The molecule has 4 aliphatic rings. The Morgan fingerprint density at radius 3 is 2.66 bits per heavy atom. The van der Waals surface area contributed by atoms with Crippen LogP contribution < -0.4 is 10.1 Å². The number of carbonyl (C=O) groups is 3. The van der Waals surface area contributed by atoms with Crippen LogP contribution in [0.3, 0.4) is 0 Å². The lowest BCUT2D eigenvalue weighted by Crippen LogP contribution is -2.52. The lowest BCUT2D eigenvalue weighted by molar-refractivity contribution is -0.141. The number of alkyl halides is 3. The second-order valence-corrected chi connectivity index (χ2v) is 11.6. The van der Waals surface area contributed by atoms with E-state index >= 15 is 0 Å². The van der Waals surface area contributed by atoms with Crippen molar-refractivity contribution in [1.29, 1.82) is 0 Å². The molecule has 4 aliphatic heterocycles. The van der Waals surface area contributed by atoms with Gasteiger partial charge in [-0.2, -0.15) is 13.2 Å². The van der Waals surface area contributed by atoms with Gasteiger partial charge in [0.25, 0.3) is 5.91 Å². The fourth-order valence-corrected chi connectivity index (χ4v) is 6.75. The Labute approximate surface area is 236 Å². The van der Waals surface area contributed by atoms with Crippen LogP contribution in [0.25, 0.3) is 0 Å². The third-order valence-electron chi connectivity index (χ3n) is 9.15. The second-order valence-electron chi connectivity index (χ2n) is 11.6. The van der Waals surface area contributed by atoms with Gasteiger partial charge < -0.3 is 14.5 Å². The molecule has 3 amide bonds. The molecule has 2 aromatic rings. The van der Waals surface area contributed by atoms with Crippen LogP contribution in [-0.4, -0.2) is 64.8 Å². The van der Waals surface area contributed by atoms with E-state index in [1.165, 1.54) is 12.3 Å². The van der Waals surface area contributed by atoms with Gasteiger partial charge in [-0.25, -0.2) is 4.98 Å². The predicted molar refractivity (Wildman–Crippen MR) is 142 cm³/mol. The Bertz CT molecular complexity index is 1370. The van der Waals surface area contributed by atoms with Gasteiger partial charge in [-0.3, -0.25) is 19.7 Å². The van der Waals surface area contributed by atoms with Crippen LogP contribution in [0.15, 0.2) is 30.5 Å². The van der Waals surface area contributed by atoms with Crippen LogP contribution in [0.4, 0.5) is 13.2 Å². The maximum atomic E-state index is 13.2. The molecule has 41 heavy (non-hydrogen) atoms. The van der Waals surface area contributed by atoms with E-state index in [4.69, 9.17) is 4.74 Å². The van der Waals surface area contributed by atoms with E-state index in [1.807, 2.05) is 18.2 Å². The molecule has 2 saturated heterocycles. The van der Waals surface area contributed by atoms with Crippen molar-refractivity contribution in [2.45, 2.75) is 75.5 Å². The molecule has 11 heteroatoms. The highest BCUT2D eigenvalue weighted by Crippen LogP contribution is 2.46. The number of benzene rings is 1. The van der Waals surface area contributed by atoms with Crippen molar-refractivity contribution >= 4 is 17.7 Å². The van der Waals surface area contributed by atoms with E-state index in [9.17, 15) is 27.6 Å². The normalized spacial score (nSPS) is 22.1. The molecule has 1 atom stereocenters. The maximum absolute atomic E-state index is 13.2. The first kappa shape index (κ1) is 27.7. The number of piperidine rings is 2. The van der Waals surface area contributed by atoms with Crippen LogP contribution in [0.1, 0.15) is 77.7 Å². The number of imide groups is 1. The number of nitrogens with one attached hydrogen (secondary N) is 1. The Balaban J connectivity index is 0.978. The molecule has 0 bridgehead atoms. The minimum absolute atomic E-state index is 0.152. The van der Waals surface area contributed by atoms with Gasteiger partial charge in [-0.05, 0) is 81.4 Å². The Kier molecular flexibility index (Phi) is 7.25. The minimum Gasteiger partial charge on any atom is -0.491 e. The molecule has 6 rings (SSSR count). The summed E-state index contributed by atoms with van der Waals surface area (Å²) in [5.41, 5.74) is 2.15. The number of likely N-dealkylation sites (tertiary alicyclic amines) is 1. The van der Waals surface area contributed by atoms with Gasteiger partial charge in [0, 0.05) is 29.5 Å². The van der Waals surface area contributed by atoms with Gasteiger partial charge in [0.1, 0.15) is 17.5 Å². The molecule has 2 fully saturated rings. The number of ether oxygens (including phenoxy) is 1. The van der Waals surface area contributed by atoms with E-state index < -0.39 is 23.8 Å². The number of amides is 3. The van der Waals surface area contributed by atoms with Gasteiger partial charge in [0.2, 0.25) is 11.8 Å². The summed E-state index contributed by atoms with van der Waals surface area (Å²) in [5, 5.41) is 2.34. The first-order valence-corrected chi connectivity index (χ1v) is 14.3. The van der Waals surface area contributed by atoms with E-state index in [0.29, 0.717) is 36.4 Å². The maximum Gasteiger partial charge on any atom is 0.433 e. The predicted octanol–water partition coefficient (Wildman–Crippen LogP) is 4.00. The van der Waals surface area contributed by atoms with Crippen molar-refractivity contribution in [3.8, 4) is 5.75 Å². The number of unbranched alkanes of at least 4 members (excludes halogenated alkanes) is 2. The fourth-order valence-electron chi connectivity index (χ4n) is 6.75. The average molecular weight is 571 g/mol. The number of carbonyl (C=O) groups excluding carboxylic acids is 3. The number of hydrogen-bond acceptors (Lipinski definition) is 6. The summed E-state index contributed by atoms with van der Waals surface area (Å²) in [6.07, 6.45) is 2.68. The van der Waals surface area contributed by atoms with Crippen molar-refractivity contribution in [2.75, 3.05) is 26.2 Å². The number of hydrogen-bond donors (Lipinski definition) is 1. The van der Waals surface area contributed by atoms with Crippen molar-refractivity contribution in [2.24, 2.45) is 0 Å². The summed E-state index contributed by atoms with van der Waals surface area (Å²) in [6.45, 7) is 3.36. The standard InChI is InChI=1S/C30H33F3N4O4/c31-30(32,33)25-15-22-24(16-34-25)41-18-29(22)10-13-36(14-11-29)12-3-1-2-5-19-6-4-7-20-21(19)17-37(28(20)40)23-8-9-26(38)35-27(23)39/h4,6-7,15-16,23H,1-3,5,8-14,17-18H2,(H,35,38,39). The first-order valence-electron chi connectivity index (χ1n) is 14.3. The summed E-state index contributed by atoms with van der Waals surface area (Å²) < 4.78 is 45.4. The average Bonchev–Trinajstić information content (AvgIpc) is 3.47. The topological polar surface area (TPSA) is 91.8 Å². The summed E-state index contributed by atoms with van der Waals surface area (Å²) in [7, 11) is 0. The fraction of sp³-hybridized carbons (Fsp3) is 0.533. The molecule has 1 aromatic heterocycles. The van der Waals surface area contributed by atoms with Gasteiger partial charge >= 0.3 is 6.18 Å². The van der Waals surface area contributed by atoms with Crippen molar-refractivity contribution in [3.05, 3.63) is 58.4 Å². The van der Waals surface area contributed by atoms with Gasteiger partial charge in [0.05, 0.1) is 12.8 Å². The Morgan fingerprint density at radius 2 is 1.90 bits per heavy atom. The van der Waals surface area contributed by atoms with Gasteiger partial charge in [-0.15, -0.1) is 0 Å². The number of fused-ring (bicyclic) bond motifs is 3. The number of rotatable bonds is 7. The molecule has 218 valence electrons. The molecular weight excluding hydrogens is 537 g/mol. The molecule has 5 heterocycles. The highest BCUT2D eigenvalue weighted by atomic mass is 19.4. The van der Waals surface area contributed by atoms with E-state index in [1.54, 1.807) is 4.90 Å². The molecule has 0 radical (unpaired) electrons. The van der Waals surface area contributed by atoms with Crippen LogP contribution >= 0.6 is 0 Å². The number of nitrogens with zero attached hydrogens (tertiary/aromatic N) is 3. The third kappa shape index (κ3) is 5.31. The summed E-state index contributed by atoms with van der Waals surface area (Å²) in [4.78, 5) is 44.4. The summed E-state index contributed by atoms with van der Waals surface area (Å²) in [6, 6.07) is 6.31. The molecule has 1 aromatic carbocycles. The van der Waals surface area contributed by atoms with Crippen LogP contribution in [-0.2, 0) is 34.1 Å². The quantitative estimate of drug-likeness (QED) is 0.400. The molecule has 1 N–H and O–H groups in total. The largest absolute Gasteiger partial charge is 0.491 e. The highest BCUT2D eigenvalue weighted by molar-refractivity contribution is 6.05. The molecule has 0 saturated carbocycles. The van der Waals surface area contributed by atoms with E-state index in [2.05, 4.69) is 15.2 Å². The van der Waals surface area contributed by atoms with E-state index in [-0.39, 0.29) is 23.7 Å². The number of aromatic nitrogens is 1. The number of halogens is 3. The van der Waals surface area contributed by atoms with Gasteiger partial charge in [-0.1, -0.05) is 18.6 Å². The Morgan fingerprint density at radius 1 is 1.10 bits per heavy atom. The molecule has 0 aliphatic carbocycles. The SMILES string of the molecule is O=C1CCC(N2Cc3c(CCCCCN4CCC5(CC4)COc4cnc(C(F)(F)F)cc45)cccc3C2=O)C(=O)N1. The molecule has 8 nitrogen and oxygen atoms in total. The second kappa shape index (κ2) is 10.7. The summed E-state index contributed by atoms with van der Waals surface area (Å²) >= 11 is 0. The van der Waals surface area contributed by atoms with Crippen molar-refractivity contribution < 1.29 is 32.3 Å². The first-order chi connectivity index (χ1) is 19.6. The monoisotopic (exact) mass is 570 g/mol. The third-order valence-corrected chi connectivity index (χ3v) is 9.15. The van der Waals surface area contributed by atoms with Gasteiger partial charge in [0.15, 0.2) is 0 Å². The summed E-state index contributed by atoms with van der Waals surface area (Å²) in [5.74, 6) is -0.378. The molecular formula is C30H33F3N4O4. The zero-order chi connectivity index (χ0) is 28.8. The molecule has 1 unspecified atom stereocenters. The van der Waals surface area contributed by atoms with Crippen molar-refractivity contribution in [3.63, 3.8) is 0 Å². The van der Waals surface area contributed by atoms with Crippen LogP contribution in [0.5, 0.6) is 5.75 Å². The van der Waals surface area contributed by atoms with E-state index in [0.717, 1.165) is 69.3 Å².